The minimum absolute atomic E-state index is 0.0563. The molecule has 0 aromatic heterocycles. The Labute approximate surface area is 279 Å². The molecule has 0 heterocycles. The average molecular weight is 663 g/mol. The molecule has 45 heavy (non-hydrogen) atoms. The number of ether oxygens (including phenoxy) is 1. The largest absolute Gasteiger partial charge is 0.454 e. The summed E-state index contributed by atoms with van der Waals surface area (Å²) in [5.74, 6) is 0.498. The molecule has 0 bridgehead atoms. The molecule has 0 saturated heterocycles. The van der Waals surface area contributed by atoms with E-state index < -0.39 is 16.2 Å². The van der Waals surface area contributed by atoms with Crippen LogP contribution >= 0.6 is 19.5 Å². The summed E-state index contributed by atoms with van der Waals surface area (Å²) in [5.41, 5.74) is 3.07. The zero-order chi connectivity index (χ0) is 32.7. The second kappa shape index (κ2) is 16.0. The van der Waals surface area contributed by atoms with Gasteiger partial charge in [0.15, 0.2) is 0 Å². The second-order valence-corrected chi connectivity index (χ2v) is 21.5. The molecule has 1 fully saturated rings. The molecule has 0 radical (unpaired) electrons. The Balaban J connectivity index is 1.66. The Kier molecular flexibility index (Phi) is 12.7. The van der Waals surface area contributed by atoms with E-state index in [2.05, 4.69) is 110 Å². The van der Waals surface area contributed by atoms with Crippen molar-refractivity contribution >= 4 is 49.7 Å². The van der Waals surface area contributed by atoms with Crippen LogP contribution in [0.1, 0.15) is 78.1 Å². The third-order valence-corrected chi connectivity index (χ3v) is 18.6. The third kappa shape index (κ3) is 7.84. The summed E-state index contributed by atoms with van der Waals surface area (Å²) in [6.45, 7) is 20.8. The molecule has 0 N–H and O–H groups in total. The molecule has 1 aliphatic carbocycles. The zero-order valence-electron chi connectivity index (χ0n) is 28.2. The number of halogens is 1. The van der Waals surface area contributed by atoms with Crippen molar-refractivity contribution in [2.75, 3.05) is 5.88 Å². The molecule has 0 spiro atoms. The lowest BCUT2D eigenvalue weighted by Crippen LogP contribution is -2.54. The zero-order valence-corrected chi connectivity index (χ0v) is 30.9. The standard InChI is InChI=1S/C39H52ClO3PSi/c1-27(2)45(28(3)4,29(5)6)43-36-26-30(7)38(31(8)34(36)23-17-25-40)42-39(41)35-22-15-16-24-37(35)44(32-18-11-9-12-19-32)33-20-13-10-14-21-33/h9-16,18-22,24,27-30,34,36,38H,8,17,23,25-26H2,1-7H3/t30-,34+,36-,38+/m0/s1. The van der Waals surface area contributed by atoms with E-state index in [9.17, 15) is 4.79 Å². The van der Waals surface area contributed by atoms with Crippen LogP contribution < -0.4 is 15.9 Å². The summed E-state index contributed by atoms with van der Waals surface area (Å²) in [6, 6.07) is 28.9. The molecule has 1 aliphatic rings. The van der Waals surface area contributed by atoms with Crippen LogP contribution in [-0.4, -0.2) is 32.4 Å². The first-order valence-corrected chi connectivity index (χ1v) is 20.7. The van der Waals surface area contributed by atoms with E-state index in [0.717, 1.165) is 30.1 Å². The van der Waals surface area contributed by atoms with Gasteiger partial charge in [0.25, 0.3) is 0 Å². The Morgan fingerprint density at radius 1 is 0.867 bits per heavy atom. The monoisotopic (exact) mass is 662 g/mol. The number of hydrogen-bond donors (Lipinski definition) is 0. The Morgan fingerprint density at radius 3 is 1.89 bits per heavy atom. The highest BCUT2D eigenvalue weighted by Crippen LogP contribution is 2.48. The average Bonchev–Trinajstić information content (AvgIpc) is 3.02. The van der Waals surface area contributed by atoms with E-state index >= 15 is 0 Å². The maximum atomic E-state index is 14.2. The molecule has 0 aliphatic heterocycles. The van der Waals surface area contributed by atoms with Gasteiger partial charge in [-0.2, -0.15) is 0 Å². The van der Waals surface area contributed by atoms with Gasteiger partial charge < -0.3 is 9.16 Å². The molecule has 3 aromatic carbocycles. The van der Waals surface area contributed by atoms with Gasteiger partial charge in [0.2, 0.25) is 8.32 Å². The fourth-order valence-electron chi connectivity index (χ4n) is 7.73. The van der Waals surface area contributed by atoms with E-state index in [1.807, 2.05) is 30.3 Å². The maximum absolute atomic E-state index is 14.2. The second-order valence-electron chi connectivity index (χ2n) is 13.5. The van der Waals surface area contributed by atoms with Gasteiger partial charge in [-0.1, -0.05) is 134 Å². The lowest BCUT2D eigenvalue weighted by atomic mass is 9.73. The minimum Gasteiger partial charge on any atom is -0.454 e. The molecular weight excluding hydrogens is 611 g/mol. The molecule has 4 atom stereocenters. The van der Waals surface area contributed by atoms with Gasteiger partial charge in [-0.15, -0.1) is 11.6 Å². The predicted molar refractivity (Wildman–Crippen MR) is 197 cm³/mol. The van der Waals surface area contributed by atoms with Crippen LogP contribution in [-0.2, 0) is 9.16 Å². The van der Waals surface area contributed by atoms with E-state index in [1.54, 1.807) is 0 Å². The van der Waals surface area contributed by atoms with E-state index in [0.29, 0.717) is 28.1 Å². The van der Waals surface area contributed by atoms with E-state index in [4.69, 9.17) is 20.8 Å². The molecule has 0 unspecified atom stereocenters. The van der Waals surface area contributed by atoms with Crippen molar-refractivity contribution in [2.24, 2.45) is 11.8 Å². The van der Waals surface area contributed by atoms with Gasteiger partial charge in [-0.3, -0.25) is 0 Å². The summed E-state index contributed by atoms with van der Waals surface area (Å²) in [5, 5.41) is 3.40. The number of benzene rings is 3. The molecule has 4 rings (SSSR count). The molecule has 3 aromatic rings. The Bertz CT molecular complexity index is 1330. The number of carbonyl (C=O) groups is 1. The van der Waals surface area contributed by atoms with Crippen LogP contribution in [0.2, 0.25) is 16.6 Å². The molecular formula is C39H52ClO3PSi. The number of esters is 1. The number of hydrogen-bond acceptors (Lipinski definition) is 3. The fraction of sp³-hybridized carbons (Fsp3) is 0.462. The minimum atomic E-state index is -2.13. The number of carbonyl (C=O) groups excluding carboxylic acids is 1. The highest BCUT2D eigenvalue weighted by Gasteiger charge is 2.50. The van der Waals surface area contributed by atoms with Crippen molar-refractivity contribution in [3.8, 4) is 0 Å². The quantitative estimate of drug-likeness (QED) is 0.0601. The SMILES string of the molecule is C=C1[C@@H](CCCCl)[C@@H](O[Si](C(C)C)(C(C)C)C(C)C)C[C@H](C)[C@H]1OC(=O)c1ccccc1P(c1ccccc1)c1ccccc1. The van der Waals surface area contributed by atoms with Crippen LogP contribution in [0, 0.1) is 11.8 Å². The topological polar surface area (TPSA) is 35.5 Å². The van der Waals surface area contributed by atoms with Crippen molar-refractivity contribution in [1.82, 2.24) is 0 Å². The van der Waals surface area contributed by atoms with Crippen LogP contribution in [0.4, 0.5) is 0 Å². The molecule has 6 heteroatoms. The van der Waals surface area contributed by atoms with Crippen molar-refractivity contribution in [3.05, 3.63) is 103 Å². The van der Waals surface area contributed by atoms with Gasteiger partial charge >= 0.3 is 5.97 Å². The van der Waals surface area contributed by atoms with Crippen LogP contribution in [0.5, 0.6) is 0 Å². The Hall–Kier alpha value is -2.23. The lowest BCUT2D eigenvalue weighted by Gasteiger charge is -2.49. The van der Waals surface area contributed by atoms with Gasteiger partial charge in [0, 0.05) is 11.8 Å². The van der Waals surface area contributed by atoms with Crippen molar-refractivity contribution < 1.29 is 14.0 Å². The smallest absolute Gasteiger partial charge is 0.339 e. The number of alkyl halides is 1. The van der Waals surface area contributed by atoms with Crippen LogP contribution in [0.25, 0.3) is 0 Å². The molecule has 1 saturated carbocycles. The first kappa shape index (κ1) is 35.6. The lowest BCUT2D eigenvalue weighted by molar-refractivity contribution is -0.0103. The van der Waals surface area contributed by atoms with Crippen molar-refractivity contribution in [1.29, 1.82) is 0 Å². The summed E-state index contributed by atoms with van der Waals surface area (Å²) >= 11 is 6.23. The number of rotatable bonds is 13. The molecule has 3 nitrogen and oxygen atoms in total. The van der Waals surface area contributed by atoms with E-state index in [-0.39, 0.29) is 30.0 Å². The van der Waals surface area contributed by atoms with Crippen LogP contribution in [0.15, 0.2) is 97.1 Å². The fourth-order valence-corrected chi connectivity index (χ4v) is 15.9. The van der Waals surface area contributed by atoms with E-state index in [1.165, 1.54) is 10.6 Å². The first-order chi connectivity index (χ1) is 21.5. The highest BCUT2D eigenvalue weighted by molar-refractivity contribution is 7.80. The highest BCUT2D eigenvalue weighted by atomic mass is 35.5. The molecule has 242 valence electrons. The Morgan fingerprint density at radius 2 is 1.38 bits per heavy atom. The third-order valence-electron chi connectivity index (χ3n) is 9.75. The van der Waals surface area contributed by atoms with Crippen LogP contribution in [0.3, 0.4) is 0 Å². The van der Waals surface area contributed by atoms with Gasteiger partial charge in [-0.05, 0) is 77.3 Å². The summed E-state index contributed by atoms with van der Waals surface area (Å²) in [7, 11) is -3.08. The predicted octanol–water partition coefficient (Wildman–Crippen LogP) is 9.76. The van der Waals surface area contributed by atoms with Crippen molar-refractivity contribution in [2.45, 2.75) is 96.6 Å². The molecule has 0 amide bonds. The normalized spacial score (nSPS) is 20.8. The maximum Gasteiger partial charge on any atom is 0.339 e. The summed E-state index contributed by atoms with van der Waals surface area (Å²) in [4.78, 5) is 14.2. The first-order valence-electron chi connectivity index (χ1n) is 16.7. The summed E-state index contributed by atoms with van der Waals surface area (Å²) < 4.78 is 13.9. The van der Waals surface area contributed by atoms with Gasteiger partial charge in [0.05, 0.1) is 11.7 Å². The van der Waals surface area contributed by atoms with Gasteiger partial charge in [-0.25, -0.2) is 4.79 Å². The van der Waals surface area contributed by atoms with Gasteiger partial charge in [0.1, 0.15) is 6.10 Å². The summed E-state index contributed by atoms with van der Waals surface area (Å²) in [6.07, 6.45) is 2.28. The van der Waals surface area contributed by atoms with Crippen molar-refractivity contribution in [3.63, 3.8) is 0 Å².